The second-order valence-electron chi connectivity index (χ2n) is 5.31. The second kappa shape index (κ2) is 5.32. The number of imidazole rings is 1. The molecular formula is C14H15ClFIN2S. The van der Waals surface area contributed by atoms with Gasteiger partial charge in [0.05, 0.1) is 20.0 Å². The Morgan fingerprint density at radius 2 is 2.25 bits per heavy atom. The average Bonchev–Trinajstić information content (AvgIpc) is 3.10. The van der Waals surface area contributed by atoms with Gasteiger partial charge in [0, 0.05) is 17.4 Å². The third kappa shape index (κ3) is 2.57. The number of rotatable bonds is 4. The Labute approximate surface area is 140 Å². The second-order valence-corrected chi connectivity index (χ2v) is 8.41. The lowest BCUT2D eigenvalue weighted by molar-refractivity contribution is 0.615. The molecule has 1 saturated carbocycles. The zero-order valence-corrected chi connectivity index (χ0v) is 15.0. The van der Waals surface area contributed by atoms with Crippen LogP contribution >= 0.6 is 46.0 Å². The van der Waals surface area contributed by atoms with Crippen molar-refractivity contribution in [2.75, 3.05) is 6.26 Å². The molecule has 1 aliphatic rings. The van der Waals surface area contributed by atoms with Gasteiger partial charge in [-0.3, -0.25) is 0 Å². The number of alkyl halides is 1. The van der Waals surface area contributed by atoms with Crippen molar-refractivity contribution in [1.82, 2.24) is 9.55 Å². The van der Waals surface area contributed by atoms with E-state index in [4.69, 9.17) is 11.6 Å². The van der Waals surface area contributed by atoms with Crippen molar-refractivity contribution in [3.8, 4) is 0 Å². The molecule has 0 amide bonds. The summed E-state index contributed by atoms with van der Waals surface area (Å²) in [4.78, 5) is 4.61. The molecule has 1 fully saturated rings. The van der Waals surface area contributed by atoms with Crippen molar-refractivity contribution in [2.45, 2.75) is 36.4 Å². The summed E-state index contributed by atoms with van der Waals surface area (Å²) in [6.07, 6.45) is 4.55. The molecular weight excluding hydrogens is 410 g/mol. The van der Waals surface area contributed by atoms with Crippen molar-refractivity contribution in [2.24, 2.45) is 0 Å². The molecule has 0 spiro atoms. The van der Waals surface area contributed by atoms with Crippen LogP contribution in [0.25, 0.3) is 11.0 Å². The fourth-order valence-electron chi connectivity index (χ4n) is 2.46. The zero-order valence-electron chi connectivity index (χ0n) is 11.3. The van der Waals surface area contributed by atoms with E-state index in [0.29, 0.717) is 3.57 Å². The molecule has 1 aromatic carbocycles. The first-order valence-electron chi connectivity index (χ1n) is 6.50. The van der Waals surface area contributed by atoms with Crippen LogP contribution < -0.4 is 0 Å². The molecule has 108 valence electrons. The number of nitrogens with zero attached hydrogens (tertiary/aromatic N) is 2. The predicted molar refractivity (Wildman–Crippen MR) is 92.2 cm³/mol. The van der Waals surface area contributed by atoms with E-state index in [9.17, 15) is 4.39 Å². The first-order chi connectivity index (χ1) is 9.46. The van der Waals surface area contributed by atoms with Gasteiger partial charge in [-0.2, -0.15) is 11.8 Å². The third-order valence-corrected chi connectivity index (χ3v) is 6.29. The van der Waals surface area contributed by atoms with Crippen LogP contribution in [0.2, 0.25) is 0 Å². The monoisotopic (exact) mass is 424 g/mol. The number of benzene rings is 1. The normalized spacial score (nSPS) is 18.4. The van der Waals surface area contributed by atoms with Crippen molar-refractivity contribution >= 4 is 57.0 Å². The summed E-state index contributed by atoms with van der Waals surface area (Å²) >= 11 is 10.1. The molecule has 0 bridgehead atoms. The average molecular weight is 425 g/mol. The van der Waals surface area contributed by atoms with Crippen molar-refractivity contribution < 1.29 is 4.39 Å². The zero-order chi connectivity index (χ0) is 14.5. The van der Waals surface area contributed by atoms with Gasteiger partial charge >= 0.3 is 0 Å². The van der Waals surface area contributed by atoms with Crippen LogP contribution in [0.1, 0.15) is 31.0 Å². The lowest BCUT2D eigenvalue weighted by Crippen LogP contribution is -2.16. The summed E-state index contributed by atoms with van der Waals surface area (Å²) in [6.45, 7) is 2.77. The van der Waals surface area contributed by atoms with Gasteiger partial charge in [0.2, 0.25) is 0 Å². The van der Waals surface area contributed by atoms with Gasteiger partial charge in [0.25, 0.3) is 0 Å². The summed E-state index contributed by atoms with van der Waals surface area (Å²) in [5, 5.41) is -0.180. The Hall–Kier alpha value is -0.0100. The molecule has 1 heterocycles. The van der Waals surface area contributed by atoms with Crippen LogP contribution in [0.15, 0.2) is 12.1 Å². The van der Waals surface area contributed by atoms with E-state index in [1.165, 1.54) is 12.8 Å². The number of aromatic nitrogens is 2. The SMILES string of the molecule is CSC1(Cn2c(C(C)Cl)nc3cc(I)c(F)cc32)CC1. The van der Waals surface area contributed by atoms with Crippen LogP contribution in [0.5, 0.6) is 0 Å². The van der Waals surface area contributed by atoms with Crippen LogP contribution in [0.4, 0.5) is 4.39 Å². The smallest absolute Gasteiger partial charge is 0.138 e. The highest BCUT2D eigenvalue weighted by atomic mass is 127. The Bertz CT molecular complexity index is 667. The highest BCUT2D eigenvalue weighted by Gasteiger charge is 2.43. The lowest BCUT2D eigenvalue weighted by atomic mass is 10.3. The molecule has 6 heteroatoms. The number of thioether (sulfide) groups is 1. The Morgan fingerprint density at radius 3 is 2.80 bits per heavy atom. The van der Waals surface area contributed by atoms with E-state index in [-0.39, 0.29) is 15.9 Å². The number of hydrogen-bond donors (Lipinski definition) is 0. The highest BCUT2D eigenvalue weighted by molar-refractivity contribution is 14.1. The molecule has 2 aromatic rings. The van der Waals surface area contributed by atoms with E-state index in [1.54, 1.807) is 12.1 Å². The summed E-state index contributed by atoms with van der Waals surface area (Å²) in [7, 11) is 0. The van der Waals surface area contributed by atoms with Gasteiger partial charge in [-0.1, -0.05) is 0 Å². The molecule has 0 N–H and O–H groups in total. The first kappa shape index (κ1) is 14.9. The van der Waals surface area contributed by atoms with Crippen molar-refractivity contribution in [3.63, 3.8) is 0 Å². The van der Waals surface area contributed by atoms with E-state index < -0.39 is 0 Å². The summed E-state index contributed by atoms with van der Waals surface area (Å²) in [5.74, 6) is 0.644. The van der Waals surface area contributed by atoms with Crippen LogP contribution in [0, 0.1) is 9.39 Å². The Kier molecular flexibility index (Phi) is 3.97. The van der Waals surface area contributed by atoms with E-state index in [1.807, 2.05) is 41.3 Å². The highest BCUT2D eigenvalue weighted by Crippen LogP contribution is 2.49. The number of hydrogen-bond acceptors (Lipinski definition) is 2. The standard InChI is InChI=1S/C14H15ClFIN2S/c1-8(15)13-18-11-6-10(17)9(16)5-12(11)19(13)7-14(20-2)3-4-14/h5-6,8H,3-4,7H2,1-2H3. The van der Waals surface area contributed by atoms with Gasteiger partial charge in [-0.05, 0) is 54.7 Å². The first-order valence-corrected chi connectivity index (χ1v) is 9.24. The van der Waals surface area contributed by atoms with Crippen molar-refractivity contribution in [3.05, 3.63) is 27.3 Å². The summed E-state index contributed by atoms with van der Waals surface area (Å²) < 4.78 is 16.9. The van der Waals surface area contributed by atoms with E-state index >= 15 is 0 Å². The van der Waals surface area contributed by atoms with E-state index in [2.05, 4.69) is 15.8 Å². The molecule has 1 unspecified atom stereocenters. The summed E-state index contributed by atoms with van der Waals surface area (Å²) in [6, 6.07) is 3.38. The van der Waals surface area contributed by atoms with Gasteiger partial charge in [0.1, 0.15) is 11.6 Å². The number of fused-ring (bicyclic) bond motifs is 1. The molecule has 2 nitrogen and oxygen atoms in total. The Morgan fingerprint density at radius 1 is 1.55 bits per heavy atom. The van der Waals surface area contributed by atoms with Crippen molar-refractivity contribution in [1.29, 1.82) is 0 Å². The van der Waals surface area contributed by atoms with Gasteiger partial charge in [0.15, 0.2) is 0 Å². The minimum absolute atomic E-state index is 0.180. The lowest BCUT2D eigenvalue weighted by Gasteiger charge is -2.17. The minimum Gasteiger partial charge on any atom is -0.325 e. The van der Waals surface area contributed by atoms with Gasteiger partial charge in [-0.25, -0.2) is 9.37 Å². The fraction of sp³-hybridized carbons (Fsp3) is 0.500. The largest absolute Gasteiger partial charge is 0.325 e. The van der Waals surface area contributed by atoms with Crippen LogP contribution in [0.3, 0.4) is 0 Å². The Balaban J connectivity index is 2.15. The fourth-order valence-corrected chi connectivity index (χ4v) is 3.85. The van der Waals surface area contributed by atoms with Gasteiger partial charge in [-0.15, -0.1) is 11.6 Å². The molecule has 0 saturated heterocycles. The summed E-state index contributed by atoms with van der Waals surface area (Å²) in [5.41, 5.74) is 1.68. The molecule has 0 aliphatic heterocycles. The molecule has 3 rings (SSSR count). The molecule has 0 radical (unpaired) electrons. The maximum atomic E-state index is 13.9. The molecule has 1 aliphatic carbocycles. The quantitative estimate of drug-likeness (QED) is 0.509. The molecule has 20 heavy (non-hydrogen) atoms. The van der Waals surface area contributed by atoms with Gasteiger partial charge < -0.3 is 4.57 Å². The van der Waals surface area contributed by atoms with Crippen LogP contribution in [-0.4, -0.2) is 20.6 Å². The van der Waals surface area contributed by atoms with Crippen LogP contribution in [-0.2, 0) is 6.54 Å². The number of halogens is 3. The minimum atomic E-state index is -0.193. The third-order valence-electron chi connectivity index (χ3n) is 3.86. The molecule has 1 atom stereocenters. The van der Waals surface area contributed by atoms with E-state index in [0.717, 1.165) is 23.4 Å². The maximum Gasteiger partial charge on any atom is 0.138 e. The predicted octanol–water partition coefficient (Wildman–Crippen LogP) is 4.98. The topological polar surface area (TPSA) is 17.8 Å². The molecule has 1 aromatic heterocycles. The maximum absolute atomic E-state index is 13.9.